The average Bonchev–Trinajstić information content (AvgIpc) is 2.91. The summed E-state index contributed by atoms with van der Waals surface area (Å²) < 4.78 is 4.58. The number of ether oxygens (including phenoxy) is 1. The van der Waals surface area contributed by atoms with Gasteiger partial charge in [0.2, 0.25) is 11.8 Å². The van der Waals surface area contributed by atoms with Crippen LogP contribution in [0.1, 0.15) is 32.6 Å². The van der Waals surface area contributed by atoms with Gasteiger partial charge in [-0.05, 0) is 19.8 Å². The van der Waals surface area contributed by atoms with Crippen molar-refractivity contribution >= 4 is 29.7 Å². The number of carbonyl (C=O) groups is 5. The number of carbonyl (C=O) groups excluding carboxylic acids is 4. The molecule has 128 valence electrons. The number of carboxylic acid groups (broad SMARTS) is 1. The summed E-state index contributed by atoms with van der Waals surface area (Å²) in [6, 6.07) is -3.12. The van der Waals surface area contributed by atoms with Gasteiger partial charge in [0.1, 0.15) is 18.1 Å². The molecule has 1 aliphatic rings. The Hall–Kier alpha value is -2.49. The van der Waals surface area contributed by atoms with Crippen molar-refractivity contribution in [3.63, 3.8) is 0 Å². The lowest BCUT2D eigenvalue weighted by molar-refractivity contribution is -0.163. The van der Waals surface area contributed by atoms with E-state index >= 15 is 0 Å². The largest absolute Gasteiger partial charge is 0.480 e. The van der Waals surface area contributed by atoms with E-state index in [4.69, 9.17) is 10.8 Å². The summed E-state index contributed by atoms with van der Waals surface area (Å²) in [5, 5.41) is 13.2. The third-order valence-corrected chi connectivity index (χ3v) is 3.21. The van der Waals surface area contributed by atoms with E-state index in [9.17, 15) is 24.0 Å². The molecule has 1 fully saturated rings. The summed E-state index contributed by atoms with van der Waals surface area (Å²) in [5.74, 6) is -3.96. The number of rotatable bonds is 7. The molecule has 10 nitrogen and oxygen atoms in total. The molecule has 0 aromatic carbocycles. The quantitative estimate of drug-likeness (QED) is 0.308. The van der Waals surface area contributed by atoms with Gasteiger partial charge in [-0.1, -0.05) is 0 Å². The Kier molecular flexibility index (Phi) is 6.64. The number of nitrogens with one attached hydrogen (secondary N) is 2. The fourth-order valence-electron chi connectivity index (χ4n) is 1.83. The Balaban J connectivity index is 2.35. The molecule has 0 aromatic heterocycles. The summed E-state index contributed by atoms with van der Waals surface area (Å²) in [7, 11) is 0. The van der Waals surface area contributed by atoms with Crippen molar-refractivity contribution in [3.05, 3.63) is 0 Å². The van der Waals surface area contributed by atoms with Gasteiger partial charge in [0.15, 0.2) is 0 Å². The minimum absolute atomic E-state index is 0.0873. The van der Waals surface area contributed by atoms with E-state index in [1.807, 2.05) is 0 Å². The van der Waals surface area contributed by atoms with Crippen LogP contribution >= 0.6 is 0 Å². The second-order valence-electron chi connectivity index (χ2n) is 5.17. The maximum absolute atomic E-state index is 11.7. The average molecular weight is 329 g/mol. The first kappa shape index (κ1) is 18.6. The van der Waals surface area contributed by atoms with Gasteiger partial charge in [-0.25, -0.2) is 9.59 Å². The second kappa shape index (κ2) is 8.22. The van der Waals surface area contributed by atoms with Crippen LogP contribution in [0.2, 0.25) is 0 Å². The molecule has 0 bridgehead atoms. The topological polar surface area (TPSA) is 165 Å². The van der Waals surface area contributed by atoms with E-state index in [1.165, 1.54) is 6.92 Å². The number of hydrogen-bond acceptors (Lipinski definition) is 7. The number of hydrogen-bond donors (Lipinski definition) is 4. The minimum Gasteiger partial charge on any atom is -0.480 e. The van der Waals surface area contributed by atoms with E-state index in [1.54, 1.807) is 0 Å². The number of nitrogens with two attached hydrogens (primary N) is 1. The number of esters is 2. The summed E-state index contributed by atoms with van der Waals surface area (Å²) in [6.45, 7) is 1.32. The monoisotopic (exact) mass is 329 g/mol. The van der Waals surface area contributed by atoms with Crippen molar-refractivity contribution in [3.8, 4) is 0 Å². The van der Waals surface area contributed by atoms with Crippen molar-refractivity contribution in [1.82, 2.24) is 10.6 Å². The molecule has 0 saturated carbocycles. The van der Waals surface area contributed by atoms with Crippen molar-refractivity contribution in [2.75, 3.05) is 0 Å². The molecule has 0 unspecified atom stereocenters. The van der Waals surface area contributed by atoms with Gasteiger partial charge in [-0.15, -0.1) is 0 Å². The molecule has 0 spiro atoms. The van der Waals surface area contributed by atoms with Crippen molar-refractivity contribution in [2.45, 2.75) is 50.7 Å². The van der Waals surface area contributed by atoms with Crippen LogP contribution in [-0.4, -0.2) is 53.0 Å². The first-order chi connectivity index (χ1) is 10.7. The van der Waals surface area contributed by atoms with E-state index in [0.29, 0.717) is 0 Å². The third-order valence-electron chi connectivity index (χ3n) is 3.21. The van der Waals surface area contributed by atoms with E-state index in [2.05, 4.69) is 15.4 Å². The number of aliphatic carboxylic acids is 1. The molecule has 0 radical (unpaired) electrons. The van der Waals surface area contributed by atoms with Gasteiger partial charge in [-0.3, -0.25) is 14.4 Å². The molecule has 0 aromatic rings. The molecule has 2 amide bonds. The van der Waals surface area contributed by atoms with Crippen LogP contribution in [-0.2, 0) is 28.7 Å². The predicted molar refractivity (Wildman–Crippen MR) is 74.7 cm³/mol. The lowest BCUT2D eigenvalue weighted by Crippen LogP contribution is -2.43. The van der Waals surface area contributed by atoms with Crippen LogP contribution in [0, 0.1) is 0 Å². The highest BCUT2D eigenvalue weighted by atomic mass is 16.6. The van der Waals surface area contributed by atoms with Gasteiger partial charge < -0.3 is 26.2 Å². The van der Waals surface area contributed by atoms with Crippen LogP contribution < -0.4 is 16.4 Å². The molecule has 5 N–H and O–H groups in total. The fourth-order valence-corrected chi connectivity index (χ4v) is 1.83. The summed E-state index contributed by atoms with van der Waals surface area (Å²) in [5.41, 5.74) is 5.25. The van der Waals surface area contributed by atoms with Crippen LogP contribution in [0.3, 0.4) is 0 Å². The molecule has 1 rings (SSSR count). The van der Waals surface area contributed by atoms with Crippen LogP contribution in [0.15, 0.2) is 0 Å². The minimum atomic E-state index is -1.23. The lowest BCUT2D eigenvalue weighted by Gasteiger charge is -2.14. The van der Waals surface area contributed by atoms with Gasteiger partial charge >= 0.3 is 17.9 Å². The van der Waals surface area contributed by atoms with Crippen molar-refractivity contribution < 1.29 is 33.8 Å². The maximum atomic E-state index is 11.7. The zero-order chi connectivity index (χ0) is 17.6. The summed E-state index contributed by atoms with van der Waals surface area (Å²) in [6.07, 6.45) is 0.163. The van der Waals surface area contributed by atoms with E-state index in [0.717, 1.165) is 0 Å². The van der Waals surface area contributed by atoms with Gasteiger partial charge in [0.05, 0.1) is 0 Å². The Labute approximate surface area is 131 Å². The lowest BCUT2D eigenvalue weighted by atomic mass is 10.1. The van der Waals surface area contributed by atoms with Gasteiger partial charge in [0, 0.05) is 12.8 Å². The summed E-state index contributed by atoms with van der Waals surface area (Å²) in [4.78, 5) is 56.4. The highest BCUT2D eigenvalue weighted by Gasteiger charge is 2.31. The number of amides is 2. The van der Waals surface area contributed by atoms with Gasteiger partial charge in [-0.2, -0.15) is 0 Å². The Morgan fingerprint density at radius 1 is 1.43 bits per heavy atom. The molecular formula is C13H19N3O7. The predicted octanol–water partition coefficient (Wildman–Crippen LogP) is -1.97. The second-order valence-corrected chi connectivity index (χ2v) is 5.17. The highest BCUT2D eigenvalue weighted by molar-refractivity contribution is 5.95. The van der Waals surface area contributed by atoms with Crippen LogP contribution in [0.25, 0.3) is 0 Å². The van der Waals surface area contributed by atoms with Crippen molar-refractivity contribution in [1.29, 1.82) is 0 Å². The van der Waals surface area contributed by atoms with Crippen LogP contribution in [0.4, 0.5) is 0 Å². The Morgan fingerprint density at radius 3 is 2.61 bits per heavy atom. The maximum Gasteiger partial charge on any atom is 0.336 e. The molecule has 10 heteroatoms. The third kappa shape index (κ3) is 6.02. The number of carboxylic acids is 1. The summed E-state index contributed by atoms with van der Waals surface area (Å²) >= 11 is 0. The highest BCUT2D eigenvalue weighted by Crippen LogP contribution is 2.08. The molecule has 23 heavy (non-hydrogen) atoms. The normalized spacial score (nSPS) is 19.4. The van der Waals surface area contributed by atoms with Gasteiger partial charge in [0.25, 0.3) is 0 Å². The SMILES string of the molecule is C[C@H](NC(=O)CC[C@H](N)C(=O)O)C(=O)OC(=O)[C@@H]1CCC(=O)N1. The Morgan fingerprint density at radius 2 is 2.09 bits per heavy atom. The molecule has 3 atom stereocenters. The Bertz CT molecular complexity index is 520. The first-order valence-electron chi connectivity index (χ1n) is 7.03. The standard InChI is InChI=1S/C13H19N3O7/c1-6(15-9(17)4-2-7(14)11(19)20)12(21)23-13(22)8-3-5-10(18)16-8/h6-8H,2-5,14H2,1H3,(H,15,17)(H,16,18)(H,19,20)/t6-,7-,8-/m0/s1. The van der Waals surface area contributed by atoms with E-state index < -0.39 is 41.9 Å². The van der Waals surface area contributed by atoms with E-state index in [-0.39, 0.29) is 31.6 Å². The first-order valence-corrected chi connectivity index (χ1v) is 7.03. The van der Waals surface area contributed by atoms with Crippen molar-refractivity contribution in [2.24, 2.45) is 5.73 Å². The van der Waals surface area contributed by atoms with Crippen LogP contribution in [0.5, 0.6) is 0 Å². The zero-order valence-corrected chi connectivity index (χ0v) is 12.5. The smallest absolute Gasteiger partial charge is 0.336 e. The molecule has 1 heterocycles. The molecular weight excluding hydrogens is 310 g/mol. The fraction of sp³-hybridized carbons (Fsp3) is 0.615. The zero-order valence-electron chi connectivity index (χ0n) is 12.5. The molecule has 1 saturated heterocycles. The molecule has 0 aliphatic carbocycles. The molecule has 1 aliphatic heterocycles.